The van der Waals surface area contributed by atoms with Gasteiger partial charge in [-0.05, 0) is 18.9 Å². The summed E-state index contributed by atoms with van der Waals surface area (Å²) in [6.45, 7) is 4.09. The van der Waals surface area contributed by atoms with Crippen molar-refractivity contribution in [1.82, 2.24) is 14.8 Å². The van der Waals surface area contributed by atoms with Crippen molar-refractivity contribution in [1.29, 1.82) is 0 Å². The maximum atomic E-state index is 12.5. The second-order valence-corrected chi connectivity index (χ2v) is 5.31. The van der Waals surface area contributed by atoms with Gasteiger partial charge in [0.15, 0.2) is 0 Å². The molecular formula is C14H20N4O. The Balaban J connectivity index is 1.80. The lowest BCUT2D eigenvalue weighted by atomic mass is 10.2. The van der Waals surface area contributed by atoms with Crippen molar-refractivity contribution in [2.75, 3.05) is 38.1 Å². The van der Waals surface area contributed by atoms with Gasteiger partial charge in [-0.1, -0.05) is 6.07 Å². The van der Waals surface area contributed by atoms with Crippen molar-refractivity contribution in [2.45, 2.75) is 19.4 Å². The van der Waals surface area contributed by atoms with E-state index in [1.165, 1.54) is 0 Å². The predicted octanol–water partition coefficient (Wildman–Crippen LogP) is 1.55. The first kappa shape index (κ1) is 12.3. The number of likely N-dealkylation sites (N-methyl/N-ethyl adjacent to an activating group) is 1. The topological polar surface area (TPSA) is 39.7 Å². The minimum Gasteiger partial charge on any atom is -0.358 e. The maximum Gasteiger partial charge on any atom is 0.320 e. The first-order chi connectivity index (χ1) is 9.25. The van der Waals surface area contributed by atoms with E-state index in [0.717, 1.165) is 50.4 Å². The lowest BCUT2D eigenvalue weighted by Gasteiger charge is -2.26. The molecule has 3 heterocycles. The van der Waals surface area contributed by atoms with Crippen LogP contribution in [0.3, 0.4) is 0 Å². The van der Waals surface area contributed by atoms with E-state index in [0.29, 0.717) is 6.54 Å². The summed E-state index contributed by atoms with van der Waals surface area (Å²) >= 11 is 0. The molecule has 0 aromatic carbocycles. The molecule has 19 heavy (non-hydrogen) atoms. The van der Waals surface area contributed by atoms with Crippen molar-refractivity contribution in [3.63, 3.8) is 0 Å². The summed E-state index contributed by atoms with van der Waals surface area (Å²) in [6.07, 6.45) is 4.09. The van der Waals surface area contributed by atoms with Crippen LogP contribution in [0.4, 0.5) is 10.6 Å². The molecule has 1 aromatic heterocycles. The third-order valence-electron chi connectivity index (χ3n) is 3.94. The van der Waals surface area contributed by atoms with Crippen LogP contribution in [0.15, 0.2) is 18.3 Å². The smallest absolute Gasteiger partial charge is 0.320 e. The SMILES string of the molecule is CN1CCN(C(=O)N2CCCC2)Cc2cccnc21. The number of nitrogens with zero attached hydrogens (tertiary/aromatic N) is 4. The van der Waals surface area contributed by atoms with Gasteiger partial charge >= 0.3 is 6.03 Å². The van der Waals surface area contributed by atoms with Gasteiger partial charge in [-0.3, -0.25) is 0 Å². The summed E-state index contributed by atoms with van der Waals surface area (Å²) in [5.74, 6) is 0.999. The van der Waals surface area contributed by atoms with Crippen molar-refractivity contribution >= 4 is 11.8 Å². The molecule has 5 heteroatoms. The van der Waals surface area contributed by atoms with Gasteiger partial charge in [-0.2, -0.15) is 0 Å². The molecule has 0 unspecified atom stereocenters. The summed E-state index contributed by atoms with van der Waals surface area (Å²) < 4.78 is 0. The number of urea groups is 1. The van der Waals surface area contributed by atoms with Gasteiger partial charge in [0.25, 0.3) is 0 Å². The molecule has 0 N–H and O–H groups in total. The molecule has 0 spiro atoms. The molecule has 0 bridgehead atoms. The third kappa shape index (κ3) is 2.37. The number of hydrogen-bond acceptors (Lipinski definition) is 3. The van der Waals surface area contributed by atoms with Crippen molar-refractivity contribution < 1.29 is 4.79 Å². The van der Waals surface area contributed by atoms with Crippen LogP contribution >= 0.6 is 0 Å². The number of carbonyl (C=O) groups is 1. The van der Waals surface area contributed by atoms with Gasteiger partial charge in [0, 0.05) is 45.0 Å². The molecular weight excluding hydrogens is 240 g/mol. The summed E-state index contributed by atoms with van der Waals surface area (Å²) in [5, 5.41) is 0. The summed E-state index contributed by atoms with van der Waals surface area (Å²) in [5.41, 5.74) is 1.13. The Morgan fingerprint density at radius 3 is 2.74 bits per heavy atom. The van der Waals surface area contributed by atoms with Crippen molar-refractivity contribution in [3.8, 4) is 0 Å². The van der Waals surface area contributed by atoms with E-state index in [1.54, 1.807) is 0 Å². The van der Waals surface area contributed by atoms with Crippen LogP contribution in [0.5, 0.6) is 0 Å². The summed E-state index contributed by atoms with van der Waals surface area (Å²) in [4.78, 5) is 23.0. The standard InChI is InChI=1S/C14H20N4O/c1-16-9-10-18(14(19)17-7-2-3-8-17)11-12-5-4-6-15-13(12)16/h4-6H,2-3,7-11H2,1H3. The number of hydrogen-bond donors (Lipinski definition) is 0. The molecule has 1 aromatic rings. The molecule has 0 radical (unpaired) electrons. The van der Waals surface area contributed by atoms with Crippen LogP contribution in [0.2, 0.25) is 0 Å². The van der Waals surface area contributed by atoms with Crippen molar-refractivity contribution in [3.05, 3.63) is 23.9 Å². The molecule has 2 aliphatic heterocycles. The zero-order valence-electron chi connectivity index (χ0n) is 11.4. The number of pyridine rings is 1. The number of aromatic nitrogens is 1. The van der Waals surface area contributed by atoms with Gasteiger partial charge in [0.1, 0.15) is 5.82 Å². The Bertz CT molecular complexity index is 470. The van der Waals surface area contributed by atoms with Crippen LogP contribution in [0.1, 0.15) is 18.4 Å². The van der Waals surface area contributed by atoms with E-state index in [1.807, 2.05) is 29.1 Å². The zero-order valence-corrected chi connectivity index (χ0v) is 11.4. The lowest BCUT2D eigenvalue weighted by molar-refractivity contribution is 0.162. The molecule has 2 amide bonds. The van der Waals surface area contributed by atoms with Crippen LogP contribution in [-0.4, -0.2) is 54.0 Å². The number of likely N-dealkylation sites (tertiary alicyclic amines) is 1. The van der Waals surface area contributed by atoms with Crippen LogP contribution in [-0.2, 0) is 6.54 Å². The normalized spacial score (nSPS) is 19.3. The van der Waals surface area contributed by atoms with Gasteiger partial charge < -0.3 is 14.7 Å². The second-order valence-electron chi connectivity index (χ2n) is 5.31. The summed E-state index contributed by atoms with van der Waals surface area (Å²) in [7, 11) is 2.04. The molecule has 3 rings (SSSR count). The molecule has 0 atom stereocenters. The Labute approximate surface area is 113 Å². The zero-order chi connectivity index (χ0) is 13.2. The molecule has 1 saturated heterocycles. The molecule has 2 aliphatic rings. The Morgan fingerprint density at radius 1 is 1.16 bits per heavy atom. The fourth-order valence-corrected chi connectivity index (χ4v) is 2.83. The highest BCUT2D eigenvalue weighted by Gasteiger charge is 2.27. The highest BCUT2D eigenvalue weighted by molar-refractivity contribution is 5.75. The Hall–Kier alpha value is -1.78. The number of anilines is 1. The largest absolute Gasteiger partial charge is 0.358 e. The number of fused-ring (bicyclic) bond motifs is 1. The molecule has 1 fully saturated rings. The fourth-order valence-electron chi connectivity index (χ4n) is 2.83. The number of rotatable bonds is 0. The lowest BCUT2D eigenvalue weighted by Crippen LogP contribution is -2.42. The van der Waals surface area contributed by atoms with Crippen LogP contribution < -0.4 is 4.90 Å². The van der Waals surface area contributed by atoms with Gasteiger partial charge in [0.2, 0.25) is 0 Å². The van der Waals surface area contributed by atoms with Gasteiger partial charge in [-0.15, -0.1) is 0 Å². The first-order valence-electron chi connectivity index (χ1n) is 6.94. The number of carbonyl (C=O) groups excluding carboxylic acids is 1. The summed E-state index contributed by atoms with van der Waals surface area (Å²) in [6, 6.07) is 4.19. The molecule has 0 saturated carbocycles. The number of amides is 2. The average Bonchev–Trinajstić information content (AvgIpc) is 2.91. The van der Waals surface area contributed by atoms with Gasteiger partial charge in [-0.25, -0.2) is 9.78 Å². The van der Waals surface area contributed by atoms with E-state index in [2.05, 4.69) is 16.0 Å². The maximum absolute atomic E-state index is 12.5. The van der Waals surface area contributed by atoms with Crippen LogP contribution in [0.25, 0.3) is 0 Å². The first-order valence-corrected chi connectivity index (χ1v) is 6.94. The van der Waals surface area contributed by atoms with E-state index in [4.69, 9.17) is 0 Å². The minimum absolute atomic E-state index is 0.183. The second kappa shape index (κ2) is 5.07. The monoisotopic (exact) mass is 260 g/mol. The molecule has 0 aliphatic carbocycles. The van der Waals surface area contributed by atoms with E-state index >= 15 is 0 Å². The van der Waals surface area contributed by atoms with Gasteiger partial charge in [0.05, 0.1) is 6.54 Å². The predicted molar refractivity (Wildman–Crippen MR) is 74.1 cm³/mol. The fraction of sp³-hybridized carbons (Fsp3) is 0.571. The van der Waals surface area contributed by atoms with E-state index < -0.39 is 0 Å². The van der Waals surface area contributed by atoms with E-state index in [9.17, 15) is 4.79 Å². The van der Waals surface area contributed by atoms with Crippen LogP contribution in [0, 0.1) is 0 Å². The molecule has 5 nitrogen and oxygen atoms in total. The minimum atomic E-state index is 0.183. The third-order valence-corrected chi connectivity index (χ3v) is 3.94. The average molecular weight is 260 g/mol. The van der Waals surface area contributed by atoms with Crippen molar-refractivity contribution in [2.24, 2.45) is 0 Å². The Kier molecular flexibility index (Phi) is 3.27. The highest BCUT2D eigenvalue weighted by atomic mass is 16.2. The quantitative estimate of drug-likeness (QED) is 0.710. The molecule has 102 valence electrons. The highest BCUT2D eigenvalue weighted by Crippen LogP contribution is 2.22. The Morgan fingerprint density at radius 2 is 1.95 bits per heavy atom. The van der Waals surface area contributed by atoms with E-state index in [-0.39, 0.29) is 6.03 Å².